The van der Waals surface area contributed by atoms with Crippen molar-refractivity contribution < 1.29 is 9.07 Å². The average Bonchev–Trinajstić information content (AvgIpc) is 3.50. The predicted molar refractivity (Wildman–Crippen MR) is 136 cm³/mol. The van der Waals surface area contributed by atoms with Crippen molar-refractivity contribution in [3.05, 3.63) is 81.9 Å². The lowest BCUT2D eigenvalue weighted by atomic mass is 10.0. The third kappa shape index (κ3) is 4.28. The number of carbonyl (C=O) groups excluding carboxylic acids is 1. The number of carbonyl (C=O) groups is 1. The summed E-state index contributed by atoms with van der Waals surface area (Å²) in [6.45, 7) is 4.64. The highest BCUT2D eigenvalue weighted by atomic mass is 16.2. The van der Waals surface area contributed by atoms with E-state index in [1.165, 1.54) is 4.57 Å². The minimum Gasteiger partial charge on any atom is -0.365 e. The molecule has 0 saturated heterocycles. The van der Waals surface area contributed by atoms with Crippen LogP contribution in [-0.4, -0.2) is 37.0 Å². The van der Waals surface area contributed by atoms with Crippen LogP contribution in [0.4, 0.5) is 5.82 Å². The quantitative estimate of drug-likeness (QED) is 0.369. The smallest absolute Gasteiger partial charge is 0.293 e. The second-order valence-corrected chi connectivity index (χ2v) is 8.96. The van der Waals surface area contributed by atoms with Crippen LogP contribution in [-0.2, 0) is 23.3 Å². The maximum atomic E-state index is 13.1. The summed E-state index contributed by atoms with van der Waals surface area (Å²) in [6.07, 6.45) is 7.09. The van der Waals surface area contributed by atoms with Crippen molar-refractivity contribution in [2.75, 3.05) is 11.9 Å². The highest BCUT2D eigenvalue weighted by Gasteiger charge is 2.45. The fourth-order valence-corrected chi connectivity index (χ4v) is 4.21. The highest BCUT2D eigenvalue weighted by Crippen LogP contribution is 2.47. The van der Waals surface area contributed by atoms with Crippen molar-refractivity contribution >= 4 is 22.8 Å². The number of nitrogens with zero attached hydrogens (tertiary/aromatic N) is 4. The molecule has 4 aromatic rings. The lowest BCUT2D eigenvalue weighted by molar-refractivity contribution is -0.121. The molecule has 1 amide bonds. The zero-order valence-electron chi connectivity index (χ0n) is 19.3. The molecule has 1 fully saturated rings. The molecular formula is C25H33N7O2. The fraction of sp³-hybridized carbons (Fsp3) is 0.320. The zero-order valence-corrected chi connectivity index (χ0v) is 19.3. The van der Waals surface area contributed by atoms with Gasteiger partial charge in [0.05, 0.1) is 17.4 Å². The molecule has 3 heterocycles. The standard InChI is InChI=1S/C25H27N7O2.3H2/c1-16-9-19-20(31-15-30-19)10-18(16)12-27-22(33)13-32-17(2)11-28-23(24(32)34)29-14-25(6-7-25)21-5-3-4-8-26-21;;;/h3-5,8-11,15H,6-7,12-14H2,1-2H3,(H,27,33)(H,28,29)(H,30,31);3*1H. The summed E-state index contributed by atoms with van der Waals surface area (Å²) in [4.78, 5) is 41.9. The Labute approximate surface area is 201 Å². The first kappa shape index (κ1) is 21.8. The van der Waals surface area contributed by atoms with E-state index in [1.54, 1.807) is 25.6 Å². The summed E-state index contributed by atoms with van der Waals surface area (Å²) < 4.78 is 1.45. The Kier molecular flexibility index (Phi) is 5.61. The molecule has 0 unspecified atom stereocenters. The molecule has 0 spiro atoms. The van der Waals surface area contributed by atoms with E-state index in [2.05, 4.69) is 30.6 Å². The predicted octanol–water partition coefficient (Wildman–Crippen LogP) is 3.33. The van der Waals surface area contributed by atoms with Crippen LogP contribution in [0.2, 0.25) is 0 Å². The first-order valence-electron chi connectivity index (χ1n) is 11.4. The molecule has 1 saturated carbocycles. The molecule has 180 valence electrons. The normalized spacial score (nSPS) is 14.2. The van der Waals surface area contributed by atoms with Gasteiger partial charge in [-0.2, -0.15) is 0 Å². The van der Waals surface area contributed by atoms with Crippen molar-refractivity contribution in [2.45, 2.75) is 45.2 Å². The number of H-pyrrole nitrogens is 1. The number of hydrogen-bond donors (Lipinski definition) is 3. The van der Waals surface area contributed by atoms with Gasteiger partial charge in [0.15, 0.2) is 5.82 Å². The van der Waals surface area contributed by atoms with Crippen molar-refractivity contribution in [2.24, 2.45) is 0 Å². The van der Waals surface area contributed by atoms with Crippen LogP contribution in [0.3, 0.4) is 0 Å². The average molecular weight is 464 g/mol. The van der Waals surface area contributed by atoms with E-state index < -0.39 is 0 Å². The molecule has 1 aliphatic rings. The van der Waals surface area contributed by atoms with Crippen LogP contribution in [0.15, 0.2) is 53.8 Å². The van der Waals surface area contributed by atoms with Crippen molar-refractivity contribution in [3.63, 3.8) is 0 Å². The number of imidazole rings is 1. The summed E-state index contributed by atoms with van der Waals surface area (Å²) in [5.41, 5.74) is 5.15. The van der Waals surface area contributed by atoms with Crippen molar-refractivity contribution in [1.82, 2.24) is 29.8 Å². The van der Waals surface area contributed by atoms with E-state index in [1.807, 2.05) is 37.3 Å². The summed E-state index contributed by atoms with van der Waals surface area (Å²) in [5, 5.41) is 6.13. The van der Waals surface area contributed by atoms with Gasteiger partial charge in [-0.1, -0.05) is 6.07 Å². The molecule has 0 atom stereocenters. The molecule has 3 N–H and O–H groups in total. The molecule has 1 aliphatic carbocycles. The molecule has 0 aliphatic heterocycles. The minimum absolute atomic E-state index is 0. The molecular weight excluding hydrogens is 430 g/mol. The number of aromatic amines is 1. The van der Waals surface area contributed by atoms with Gasteiger partial charge in [0, 0.05) is 46.6 Å². The molecule has 5 rings (SSSR count). The number of pyridine rings is 1. The minimum atomic E-state index is -0.305. The van der Waals surface area contributed by atoms with E-state index >= 15 is 0 Å². The van der Waals surface area contributed by atoms with Gasteiger partial charge >= 0.3 is 0 Å². The van der Waals surface area contributed by atoms with Crippen LogP contribution in [0.5, 0.6) is 0 Å². The van der Waals surface area contributed by atoms with Crippen molar-refractivity contribution in [1.29, 1.82) is 0 Å². The van der Waals surface area contributed by atoms with Gasteiger partial charge in [-0.15, -0.1) is 0 Å². The summed E-state index contributed by atoms with van der Waals surface area (Å²) in [5.74, 6) is 0.0106. The number of fused-ring (bicyclic) bond motifs is 1. The first-order valence-corrected chi connectivity index (χ1v) is 11.4. The Morgan fingerprint density at radius 2 is 2.06 bits per heavy atom. The highest BCUT2D eigenvalue weighted by molar-refractivity contribution is 5.78. The maximum absolute atomic E-state index is 13.1. The number of rotatable bonds is 8. The Hall–Kier alpha value is -4.01. The van der Waals surface area contributed by atoms with Gasteiger partial charge in [-0.05, 0) is 62.1 Å². The van der Waals surface area contributed by atoms with Crippen molar-refractivity contribution in [3.8, 4) is 0 Å². The summed E-state index contributed by atoms with van der Waals surface area (Å²) in [7, 11) is 0. The van der Waals surface area contributed by atoms with Crippen LogP contribution in [0, 0.1) is 13.8 Å². The van der Waals surface area contributed by atoms with Crippen LogP contribution in [0.1, 0.15) is 39.6 Å². The number of hydrogen-bond acceptors (Lipinski definition) is 6. The topological polar surface area (TPSA) is 118 Å². The second kappa shape index (κ2) is 8.74. The molecule has 34 heavy (non-hydrogen) atoms. The Balaban J connectivity index is 0.00000160. The second-order valence-electron chi connectivity index (χ2n) is 8.96. The van der Waals surface area contributed by atoms with Crippen LogP contribution in [0.25, 0.3) is 11.0 Å². The van der Waals surface area contributed by atoms with Crippen LogP contribution < -0.4 is 16.2 Å². The SMILES string of the molecule is Cc1cc2[nH]cnc2cc1CNC(=O)Cn1c(C)cnc(NCC2(c3ccccn3)CC2)c1=O.[HH].[HH].[HH]. The fourth-order valence-electron chi connectivity index (χ4n) is 4.21. The summed E-state index contributed by atoms with van der Waals surface area (Å²) in [6, 6.07) is 9.87. The van der Waals surface area contributed by atoms with E-state index in [-0.39, 0.29) is 33.5 Å². The van der Waals surface area contributed by atoms with E-state index in [9.17, 15) is 9.59 Å². The monoisotopic (exact) mass is 463 g/mol. The Morgan fingerprint density at radius 1 is 1.21 bits per heavy atom. The van der Waals surface area contributed by atoms with E-state index in [4.69, 9.17) is 0 Å². The first-order chi connectivity index (χ1) is 16.4. The zero-order chi connectivity index (χ0) is 23.7. The Morgan fingerprint density at radius 3 is 2.82 bits per heavy atom. The third-order valence-electron chi connectivity index (χ3n) is 6.57. The number of amides is 1. The molecule has 3 aromatic heterocycles. The molecule has 0 radical (unpaired) electrons. The number of nitrogens with one attached hydrogen (secondary N) is 3. The van der Waals surface area contributed by atoms with Gasteiger partial charge in [0.2, 0.25) is 5.91 Å². The van der Waals surface area contributed by atoms with Gasteiger partial charge in [0.25, 0.3) is 5.56 Å². The van der Waals surface area contributed by atoms with Gasteiger partial charge in [-0.25, -0.2) is 9.97 Å². The lowest BCUT2D eigenvalue weighted by Gasteiger charge is -2.17. The maximum Gasteiger partial charge on any atom is 0.293 e. The molecule has 9 nitrogen and oxygen atoms in total. The number of benzene rings is 1. The molecule has 1 aromatic carbocycles. The number of anilines is 1. The lowest BCUT2D eigenvalue weighted by Crippen LogP contribution is -2.35. The van der Waals surface area contributed by atoms with Gasteiger partial charge < -0.3 is 15.6 Å². The largest absolute Gasteiger partial charge is 0.365 e. The third-order valence-corrected chi connectivity index (χ3v) is 6.57. The summed E-state index contributed by atoms with van der Waals surface area (Å²) >= 11 is 0. The van der Waals surface area contributed by atoms with Gasteiger partial charge in [0.1, 0.15) is 6.54 Å². The van der Waals surface area contributed by atoms with E-state index in [0.29, 0.717) is 18.8 Å². The van der Waals surface area contributed by atoms with Crippen LogP contribution >= 0.6 is 0 Å². The number of aryl methyl sites for hydroxylation is 2. The number of aromatic nitrogens is 5. The Bertz CT molecular complexity index is 1420. The van der Waals surface area contributed by atoms with Gasteiger partial charge in [-0.3, -0.25) is 19.1 Å². The molecule has 0 bridgehead atoms. The van der Waals surface area contributed by atoms with E-state index in [0.717, 1.165) is 40.7 Å². The molecule has 9 heteroatoms.